The Labute approximate surface area is 175 Å². The second-order valence-corrected chi connectivity index (χ2v) is 6.88. The summed E-state index contributed by atoms with van der Waals surface area (Å²) in [6.45, 7) is 13.7. The maximum atomic E-state index is 5.50. The maximum absolute atomic E-state index is 5.50. The van der Waals surface area contributed by atoms with E-state index in [4.69, 9.17) is 9.73 Å². The van der Waals surface area contributed by atoms with Crippen molar-refractivity contribution in [1.82, 2.24) is 25.1 Å². The van der Waals surface area contributed by atoms with E-state index in [-0.39, 0.29) is 24.0 Å². The van der Waals surface area contributed by atoms with Gasteiger partial charge in [-0.3, -0.25) is 9.89 Å². The molecule has 2 rings (SSSR count). The Hall–Kier alpha value is -0.870. The molecule has 1 unspecified atom stereocenters. The van der Waals surface area contributed by atoms with Crippen LogP contribution in [0.3, 0.4) is 0 Å². The van der Waals surface area contributed by atoms with Crippen molar-refractivity contribution in [1.29, 1.82) is 0 Å². The molecular formula is C18H35IN6O. The van der Waals surface area contributed by atoms with Gasteiger partial charge in [-0.05, 0) is 19.3 Å². The molecule has 0 saturated carbocycles. The van der Waals surface area contributed by atoms with Gasteiger partial charge in [-0.2, -0.15) is 0 Å². The number of hydrogen-bond donors (Lipinski definition) is 2. The average molecular weight is 478 g/mol. The monoisotopic (exact) mass is 478 g/mol. The molecule has 2 N–H and O–H groups in total. The first-order valence-electron chi connectivity index (χ1n) is 9.48. The first kappa shape index (κ1) is 23.2. The highest BCUT2D eigenvalue weighted by atomic mass is 127. The van der Waals surface area contributed by atoms with Gasteiger partial charge in [-0.25, -0.2) is 4.98 Å². The summed E-state index contributed by atoms with van der Waals surface area (Å²) in [4.78, 5) is 11.4. The molecule has 1 fully saturated rings. The molecule has 0 aromatic carbocycles. The van der Waals surface area contributed by atoms with Crippen molar-refractivity contribution < 1.29 is 4.74 Å². The zero-order chi connectivity index (χ0) is 17.9. The molecule has 0 spiro atoms. The van der Waals surface area contributed by atoms with Gasteiger partial charge >= 0.3 is 0 Å². The topological polar surface area (TPSA) is 66.7 Å². The van der Waals surface area contributed by atoms with Crippen LogP contribution in [0.4, 0.5) is 0 Å². The summed E-state index contributed by atoms with van der Waals surface area (Å²) in [6, 6.07) is 0.480. The van der Waals surface area contributed by atoms with Crippen LogP contribution in [-0.2, 0) is 11.3 Å². The zero-order valence-corrected chi connectivity index (χ0v) is 18.7. The number of rotatable bonds is 9. The van der Waals surface area contributed by atoms with E-state index in [1.165, 1.54) is 0 Å². The van der Waals surface area contributed by atoms with Gasteiger partial charge in [0.15, 0.2) is 5.96 Å². The molecule has 7 nitrogen and oxygen atoms in total. The molecule has 1 atom stereocenters. The van der Waals surface area contributed by atoms with Crippen LogP contribution < -0.4 is 10.6 Å². The third-order valence-electron chi connectivity index (χ3n) is 4.33. The molecule has 1 aliphatic heterocycles. The van der Waals surface area contributed by atoms with Gasteiger partial charge in [-0.15, -0.1) is 24.0 Å². The van der Waals surface area contributed by atoms with E-state index >= 15 is 0 Å². The van der Waals surface area contributed by atoms with Gasteiger partial charge in [0.25, 0.3) is 0 Å². The third-order valence-corrected chi connectivity index (χ3v) is 4.33. The summed E-state index contributed by atoms with van der Waals surface area (Å²) < 4.78 is 7.56. The number of aliphatic imine (C=N–C) groups is 1. The molecule has 1 aliphatic rings. The largest absolute Gasteiger partial charge is 0.379 e. The Kier molecular flexibility index (Phi) is 11.9. The molecule has 26 heavy (non-hydrogen) atoms. The van der Waals surface area contributed by atoms with Gasteiger partial charge in [-0.1, -0.05) is 13.8 Å². The Morgan fingerprint density at radius 2 is 2.04 bits per heavy atom. The van der Waals surface area contributed by atoms with Gasteiger partial charge < -0.3 is 19.9 Å². The van der Waals surface area contributed by atoms with Crippen LogP contribution in [0.15, 0.2) is 23.7 Å². The summed E-state index contributed by atoms with van der Waals surface area (Å²) in [7, 11) is 0. The number of aromatic nitrogens is 2. The van der Waals surface area contributed by atoms with Crippen molar-refractivity contribution in [3.63, 3.8) is 0 Å². The second-order valence-electron chi connectivity index (χ2n) is 6.88. The number of nitrogens with one attached hydrogen (secondary N) is 2. The van der Waals surface area contributed by atoms with E-state index < -0.39 is 0 Å². The number of halogens is 1. The molecule has 1 aromatic heterocycles. The molecule has 0 amide bonds. The lowest BCUT2D eigenvalue weighted by Gasteiger charge is -2.34. The molecule has 0 radical (unpaired) electrons. The fraction of sp³-hybridized carbons (Fsp3) is 0.778. The van der Waals surface area contributed by atoms with E-state index in [0.717, 1.165) is 64.9 Å². The summed E-state index contributed by atoms with van der Waals surface area (Å²) in [5, 5.41) is 6.76. The van der Waals surface area contributed by atoms with Crippen molar-refractivity contribution in [2.24, 2.45) is 10.9 Å². The van der Waals surface area contributed by atoms with E-state index in [0.29, 0.717) is 12.0 Å². The fourth-order valence-electron chi connectivity index (χ4n) is 3.09. The second kappa shape index (κ2) is 13.3. The number of morpholine rings is 1. The predicted molar refractivity (Wildman–Crippen MR) is 117 cm³/mol. The number of guanidine groups is 1. The van der Waals surface area contributed by atoms with Crippen molar-refractivity contribution in [3.8, 4) is 0 Å². The zero-order valence-electron chi connectivity index (χ0n) is 16.4. The lowest BCUT2D eigenvalue weighted by atomic mass is 10.0. The first-order valence-corrected chi connectivity index (χ1v) is 9.48. The molecule has 2 heterocycles. The van der Waals surface area contributed by atoms with Crippen molar-refractivity contribution in [2.45, 2.75) is 39.8 Å². The van der Waals surface area contributed by atoms with Crippen molar-refractivity contribution in [2.75, 3.05) is 45.9 Å². The summed E-state index contributed by atoms with van der Waals surface area (Å²) in [6.07, 6.45) is 6.78. The minimum absolute atomic E-state index is 0. The highest BCUT2D eigenvalue weighted by Gasteiger charge is 2.21. The Morgan fingerprint density at radius 1 is 1.27 bits per heavy atom. The van der Waals surface area contributed by atoms with Crippen molar-refractivity contribution in [3.05, 3.63) is 18.7 Å². The predicted octanol–water partition coefficient (Wildman–Crippen LogP) is 1.80. The SMILES string of the molecule is CCNC(=NCC(CC(C)C)N1CCOCC1)NCCn1ccnc1.I. The van der Waals surface area contributed by atoms with Crippen LogP contribution >= 0.6 is 24.0 Å². The van der Waals surface area contributed by atoms with Gasteiger partial charge in [0.1, 0.15) is 0 Å². The highest BCUT2D eigenvalue weighted by molar-refractivity contribution is 14.0. The van der Waals surface area contributed by atoms with Crippen LogP contribution in [0, 0.1) is 5.92 Å². The summed E-state index contributed by atoms with van der Waals surface area (Å²) >= 11 is 0. The lowest BCUT2D eigenvalue weighted by molar-refractivity contribution is 0.0143. The Morgan fingerprint density at radius 3 is 2.65 bits per heavy atom. The minimum Gasteiger partial charge on any atom is -0.379 e. The lowest BCUT2D eigenvalue weighted by Crippen LogP contribution is -2.46. The molecule has 0 aliphatic carbocycles. The van der Waals surface area contributed by atoms with E-state index in [1.54, 1.807) is 6.20 Å². The molecule has 150 valence electrons. The molecule has 0 bridgehead atoms. The number of imidazole rings is 1. The number of hydrogen-bond acceptors (Lipinski definition) is 4. The Bertz CT molecular complexity index is 488. The van der Waals surface area contributed by atoms with Gasteiger partial charge in [0.05, 0.1) is 26.1 Å². The third kappa shape index (κ3) is 8.68. The minimum atomic E-state index is 0. The molecule has 1 saturated heterocycles. The number of nitrogens with zero attached hydrogens (tertiary/aromatic N) is 4. The molecule has 1 aromatic rings. The van der Waals surface area contributed by atoms with Crippen molar-refractivity contribution >= 4 is 29.9 Å². The van der Waals surface area contributed by atoms with Gasteiger partial charge in [0.2, 0.25) is 0 Å². The standard InChI is InChI=1S/C18H34N6O.HI/c1-4-20-18(21-6-8-23-7-5-19-15-23)22-14-17(13-16(2)3)24-9-11-25-12-10-24;/h5,7,15-17H,4,6,8-14H2,1-3H3,(H2,20,21,22);1H. The smallest absolute Gasteiger partial charge is 0.191 e. The highest BCUT2D eigenvalue weighted by Crippen LogP contribution is 2.14. The first-order chi connectivity index (χ1) is 12.2. The summed E-state index contributed by atoms with van der Waals surface area (Å²) in [5.41, 5.74) is 0. The van der Waals surface area contributed by atoms with Crippen LogP contribution in [0.25, 0.3) is 0 Å². The van der Waals surface area contributed by atoms with Crippen LogP contribution in [0.1, 0.15) is 27.2 Å². The van der Waals surface area contributed by atoms with E-state index in [2.05, 4.69) is 45.9 Å². The maximum Gasteiger partial charge on any atom is 0.191 e. The van der Waals surface area contributed by atoms with E-state index in [1.807, 2.05) is 12.5 Å². The van der Waals surface area contributed by atoms with Crippen LogP contribution in [-0.4, -0.2) is 72.4 Å². The molecular weight excluding hydrogens is 443 g/mol. The number of ether oxygens (including phenoxy) is 1. The Balaban J connectivity index is 0.00000338. The van der Waals surface area contributed by atoms with E-state index in [9.17, 15) is 0 Å². The quantitative estimate of drug-likeness (QED) is 0.322. The van der Waals surface area contributed by atoms with Gasteiger partial charge in [0, 0.05) is 51.2 Å². The fourth-order valence-corrected chi connectivity index (χ4v) is 3.09. The molecule has 8 heteroatoms. The normalized spacial score (nSPS) is 17.0. The summed E-state index contributed by atoms with van der Waals surface area (Å²) in [5.74, 6) is 1.56. The van der Waals surface area contributed by atoms with Crippen LogP contribution in [0.5, 0.6) is 0 Å². The van der Waals surface area contributed by atoms with Crippen LogP contribution in [0.2, 0.25) is 0 Å². The average Bonchev–Trinajstić information content (AvgIpc) is 3.12.